The van der Waals surface area contributed by atoms with Crippen LogP contribution in [0.4, 0.5) is 0 Å². The minimum atomic E-state index is -1.75. The minimum Gasteiger partial charge on any atom is -0.457 e. The van der Waals surface area contributed by atoms with Gasteiger partial charge in [0.05, 0.1) is 20.3 Å². The molecule has 2 radical (unpaired) electrons. The van der Waals surface area contributed by atoms with Gasteiger partial charge in [0.25, 0.3) is 0 Å². The maximum absolute atomic E-state index is 11.6. The topological polar surface area (TPSA) is 584 Å². The molecule has 2 rings (SSSR count). The maximum atomic E-state index is 11.6. The molecule has 0 aliphatic rings. The van der Waals surface area contributed by atoms with E-state index in [0.29, 0.717) is 11.4 Å². The van der Waals surface area contributed by atoms with Crippen LogP contribution in [0.2, 0.25) is 0 Å². The summed E-state index contributed by atoms with van der Waals surface area (Å²) in [5.74, 6) is -2.22. The van der Waals surface area contributed by atoms with Crippen molar-refractivity contribution in [2.75, 3.05) is 21.3 Å². The van der Waals surface area contributed by atoms with Crippen LogP contribution in [-0.2, 0) is 54.7 Å². The number of amidine groups is 2. The number of rotatable bonds is 4. The number of carbonyl (C=O) groups excluding carboxylic acids is 2. The van der Waals surface area contributed by atoms with Crippen molar-refractivity contribution in [2.24, 2.45) is 21.7 Å². The average molecular weight is 836 g/mol. The van der Waals surface area contributed by atoms with Crippen molar-refractivity contribution in [1.82, 2.24) is 20.8 Å². The van der Waals surface area contributed by atoms with Gasteiger partial charge in [0, 0.05) is 33.7 Å². The number of nitrogens with two attached hydrogens (primary N) is 2. The number of hydrogen-bond acceptors (Lipinski definition) is 21. The second-order valence-electron chi connectivity index (χ2n) is 5.20. The van der Waals surface area contributed by atoms with Crippen LogP contribution >= 0.6 is 0 Å². The first-order valence-electron chi connectivity index (χ1n) is 10.2. The molecule has 0 aromatic carbocycles. The molecule has 0 saturated carbocycles. The molecule has 34 heteroatoms. The number of hydrogen-bond donors (Lipinski definition) is 7. The fourth-order valence-corrected chi connectivity index (χ4v) is 1.47. The standard InChI is InChI=1S/C14H14N8O2.3CH4O.2Mn.4NO3.3H2O/c15-11(9-5-1-3-7-17-9)19-21-13(23)14(24)22-20-12(16)10-6-2-4-8-18-10;3*1-2;;;4*2-1(3)4;;;/h1-8H,(H2,15,19)(H2,16,20)(H,21,23)(H,22,24);3*2H,1H3;;;;;;;3*1H2/q;;;;2*+2;4*-1;;;/p+2. The Morgan fingerprint density at radius 2 is 0.784 bits per heavy atom. The van der Waals surface area contributed by atoms with Crippen LogP contribution in [0, 0.1) is 61.3 Å². The van der Waals surface area contributed by atoms with Crippen molar-refractivity contribution >= 4 is 23.5 Å². The van der Waals surface area contributed by atoms with E-state index in [-0.39, 0.29) is 62.2 Å². The van der Waals surface area contributed by atoms with E-state index in [2.05, 4.69) is 20.2 Å². The van der Waals surface area contributed by atoms with Crippen LogP contribution < -0.4 is 22.3 Å². The number of aromatic nitrogens is 2. The van der Waals surface area contributed by atoms with E-state index >= 15 is 0 Å². The van der Waals surface area contributed by atoms with Crippen molar-refractivity contribution in [3.8, 4) is 0 Å². The van der Waals surface area contributed by atoms with E-state index in [0.717, 1.165) is 21.3 Å². The van der Waals surface area contributed by atoms with Crippen molar-refractivity contribution < 1.29 is 95.8 Å². The number of pyridine rings is 2. The van der Waals surface area contributed by atoms with E-state index in [1.165, 1.54) is 12.4 Å². The third kappa shape index (κ3) is 75.7. The van der Waals surface area contributed by atoms with E-state index in [9.17, 15) is 9.59 Å². The zero-order valence-electron chi connectivity index (χ0n) is 25.8. The van der Waals surface area contributed by atoms with Gasteiger partial charge in [0.2, 0.25) is 0 Å². The summed E-state index contributed by atoms with van der Waals surface area (Å²) in [6.45, 7) is 0. The number of carbonyl (C=O) groups is 2. The molecule has 0 unspecified atom stereocenters. The smallest absolute Gasteiger partial charge is 0.457 e. The van der Waals surface area contributed by atoms with Gasteiger partial charge >= 0.3 is 46.0 Å². The molecule has 2 aromatic heterocycles. The van der Waals surface area contributed by atoms with Gasteiger partial charge in [-0.1, -0.05) is 12.1 Å². The zero-order valence-corrected chi connectivity index (χ0v) is 28.2. The normalized spacial score (nSPS) is 7.73. The summed E-state index contributed by atoms with van der Waals surface area (Å²) >= 11 is 0. The first-order chi connectivity index (χ1) is 21.5. The number of aliphatic hydroxyl groups excluding tert-OH is 3. The third-order valence-electron chi connectivity index (χ3n) is 2.62. The second-order valence-corrected chi connectivity index (χ2v) is 5.20. The molecule has 2 amide bonds. The molecule has 0 spiro atoms. The Balaban J connectivity index is -0.0000000552. The van der Waals surface area contributed by atoms with Crippen LogP contribution in [0.3, 0.4) is 0 Å². The Kier molecular flexibility index (Phi) is 82.8. The largest absolute Gasteiger partial charge is 2.00 e. The Morgan fingerprint density at radius 1 is 0.588 bits per heavy atom. The van der Waals surface area contributed by atoms with Crippen LogP contribution in [0.5, 0.6) is 0 Å². The molecular formula is C17H34Mn2N12O20+2. The van der Waals surface area contributed by atoms with Gasteiger partial charge in [-0.2, -0.15) is 10.2 Å². The second kappa shape index (κ2) is 56.1. The molecule has 0 saturated heterocycles. The van der Waals surface area contributed by atoms with Crippen molar-refractivity contribution in [3.05, 3.63) is 121 Å². The van der Waals surface area contributed by atoms with E-state index in [4.69, 9.17) is 88.1 Å². The van der Waals surface area contributed by atoms with E-state index < -0.39 is 32.2 Å². The van der Waals surface area contributed by atoms with Gasteiger partial charge in [0.1, 0.15) is 11.4 Å². The molecule has 0 bridgehead atoms. The van der Waals surface area contributed by atoms with Crippen LogP contribution in [0.1, 0.15) is 11.4 Å². The fraction of sp³-hybridized carbons (Fsp3) is 0.176. The molecule has 0 fully saturated rings. The summed E-state index contributed by atoms with van der Waals surface area (Å²) in [5, 5.41) is 87.2. The number of nitrogens with one attached hydrogen (secondary N) is 2. The van der Waals surface area contributed by atoms with Gasteiger partial charge in [-0.3, -0.25) is 19.6 Å². The summed E-state index contributed by atoms with van der Waals surface area (Å²) in [4.78, 5) is 64.1. The van der Waals surface area contributed by atoms with Crippen molar-refractivity contribution in [2.45, 2.75) is 0 Å². The molecule has 0 aliphatic heterocycles. The molecule has 2 heterocycles. The number of aliphatic hydroxyl groups is 3. The summed E-state index contributed by atoms with van der Waals surface area (Å²) in [7, 11) is 3.00. The van der Waals surface area contributed by atoms with E-state index in [1.807, 2.05) is 10.9 Å². The molecule has 0 aliphatic carbocycles. The van der Waals surface area contributed by atoms with Crippen LogP contribution in [-0.4, -0.2) is 95.9 Å². The van der Waals surface area contributed by atoms with Gasteiger partial charge < -0.3 is 105 Å². The molecule has 32 nitrogen and oxygen atoms in total. The fourth-order valence-electron chi connectivity index (χ4n) is 1.47. The summed E-state index contributed by atoms with van der Waals surface area (Å²) < 4.78 is 0. The average Bonchev–Trinajstić information content (AvgIpc) is 3.01. The summed E-state index contributed by atoms with van der Waals surface area (Å²) in [6.07, 6.45) is 3.03. The van der Waals surface area contributed by atoms with Crippen molar-refractivity contribution in [1.29, 1.82) is 0 Å². The molecule has 294 valence electrons. The minimum absolute atomic E-state index is 0. The summed E-state index contributed by atoms with van der Waals surface area (Å²) in [5.41, 5.74) is 15.9. The monoisotopic (exact) mass is 836 g/mol. The van der Waals surface area contributed by atoms with Crippen LogP contribution in [0.25, 0.3) is 0 Å². The third-order valence-corrected chi connectivity index (χ3v) is 2.62. The van der Waals surface area contributed by atoms with E-state index in [1.54, 1.807) is 36.4 Å². The number of amides is 2. The zero-order chi connectivity index (χ0) is 37.7. The Bertz CT molecular complexity index is 1060. The first kappa shape index (κ1) is 75.2. The number of hydrazone groups is 2. The molecular weight excluding hydrogens is 802 g/mol. The maximum Gasteiger partial charge on any atom is 2.00 e. The molecule has 51 heavy (non-hydrogen) atoms. The van der Waals surface area contributed by atoms with Crippen LogP contribution in [0.15, 0.2) is 59.0 Å². The van der Waals surface area contributed by atoms with Gasteiger partial charge in [-0.15, -0.1) is 0 Å². The first-order valence-corrected chi connectivity index (χ1v) is 10.2. The predicted octanol–water partition coefficient (Wildman–Crippen LogP) is -6.15. The Morgan fingerprint density at radius 3 is 0.941 bits per heavy atom. The SMILES string of the molecule is CO.CO.CO.N/C(=N\NC(=O)C(=O)N/N=C(\N)c1ccccn1)c1ccccn1.O.O=[N+]([O-])[O-].O=[N+]([O-])[O-].O=[N+]([O-])[O-].O=[N+]([O-])[O-].[Mn+2].[Mn+2].[OH3+].[OH3+]. The predicted molar refractivity (Wildman–Crippen MR) is 165 cm³/mol. The Hall–Kier alpha value is -6.22. The Labute approximate surface area is 304 Å². The summed E-state index contributed by atoms with van der Waals surface area (Å²) in [6, 6.07) is 10.0. The quantitative estimate of drug-likeness (QED) is 0.0286. The number of nitrogens with zero attached hydrogens (tertiary/aromatic N) is 8. The molecule has 0 atom stereocenters. The van der Waals surface area contributed by atoms with Gasteiger partial charge in [-0.25, -0.2) is 10.9 Å². The van der Waals surface area contributed by atoms with Crippen molar-refractivity contribution in [3.63, 3.8) is 0 Å². The molecule has 17 N–H and O–H groups in total. The molecule has 2 aromatic rings. The van der Waals surface area contributed by atoms with Gasteiger partial charge in [0.15, 0.2) is 11.7 Å². The van der Waals surface area contributed by atoms with Gasteiger partial charge in [-0.05, 0) is 24.3 Å².